The van der Waals surface area contributed by atoms with Gasteiger partial charge in [0.1, 0.15) is 5.65 Å². The molecule has 0 radical (unpaired) electrons. The van der Waals surface area contributed by atoms with Gasteiger partial charge in [-0.15, -0.1) is 0 Å². The first kappa shape index (κ1) is 23.6. The normalized spacial score (nSPS) is 15.7. The fourth-order valence-electron chi connectivity index (χ4n) is 3.97. The molecule has 2 aromatic heterocycles. The molecule has 0 saturated carbocycles. The maximum absolute atomic E-state index is 12.8. The molecule has 10 nitrogen and oxygen atoms in total. The molecule has 0 spiro atoms. The van der Waals surface area contributed by atoms with E-state index in [0.717, 1.165) is 10.1 Å². The Morgan fingerprint density at radius 2 is 1.76 bits per heavy atom. The molecule has 11 heteroatoms. The molecule has 3 aromatic rings. The molecule has 1 fully saturated rings. The highest BCUT2D eigenvalue weighted by Gasteiger charge is 2.30. The third kappa shape index (κ3) is 4.70. The Bertz CT molecular complexity index is 1480. The summed E-state index contributed by atoms with van der Waals surface area (Å²) in [6, 6.07) is 10.7. The van der Waals surface area contributed by atoms with Gasteiger partial charge in [-0.2, -0.15) is 4.31 Å². The fraction of sp³-hybridized carbons (Fsp3) is 0.304. The maximum Gasteiger partial charge on any atom is 0.332 e. The van der Waals surface area contributed by atoms with Gasteiger partial charge >= 0.3 is 5.69 Å². The third-order valence-electron chi connectivity index (χ3n) is 5.98. The third-order valence-corrected chi connectivity index (χ3v) is 7.54. The summed E-state index contributed by atoms with van der Waals surface area (Å²) in [7, 11) is -0.683. The van der Waals surface area contributed by atoms with Gasteiger partial charge < -0.3 is 5.32 Å². The predicted octanol–water partition coefficient (Wildman–Crippen LogP) is 1.28. The van der Waals surface area contributed by atoms with Gasteiger partial charge in [0, 0.05) is 38.5 Å². The molecule has 1 amide bonds. The largest absolute Gasteiger partial charge is 0.332 e. The second-order valence-corrected chi connectivity index (χ2v) is 10.0. The molecule has 1 N–H and O–H groups in total. The monoisotopic (exact) mass is 483 g/mol. The van der Waals surface area contributed by atoms with Crippen molar-refractivity contribution in [2.45, 2.75) is 12.8 Å². The van der Waals surface area contributed by atoms with E-state index in [0.29, 0.717) is 18.5 Å². The zero-order valence-electron chi connectivity index (χ0n) is 18.8. The highest BCUT2D eigenvalue weighted by atomic mass is 32.2. The fourth-order valence-corrected chi connectivity index (χ4v) is 5.19. The van der Waals surface area contributed by atoms with E-state index < -0.39 is 21.3 Å². The van der Waals surface area contributed by atoms with Gasteiger partial charge in [0.15, 0.2) is 0 Å². The first-order valence-electron chi connectivity index (χ1n) is 10.8. The van der Waals surface area contributed by atoms with Crippen LogP contribution in [0, 0.1) is 5.92 Å². The van der Waals surface area contributed by atoms with E-state index in [2.05, 4.69) is 10.3 Å². The molecule has 0 atom stereocenters. The minimum Gasteiger partial charge on any atom is -0.324 e. The van der Waals surface area contributed by atoms with Gasteiger partial charge in [-0.25, -0.2) is 18.2 Å². The van der Waals surface area contributed by atoms with Crippen LogP contribution in [0.25, 0.3) is 17.1 Å². The lowest BCUT2D eigenvalue weighted by Gasteiger charge is -2.29. The number of sulfonamides is 1. The van der Waals surface area contributed by atoms with Crippen LogP contribution >= 0.6 is 0 Å². The molecule has 1 aromatic carbocycles. The zero-order chi connectivity index (χ0) is 24.5. The quantitative estimate of drug-likeness (QED) is 0.583. The first-order chi connectivity index (χ1) is 16.2. The number of hydrogen-bond acceptors (Lipinski definition) is 6. The number of piperidine rings is 1. The summed E-state index contributed by atoms with van der Waals surface area (Å²) in [6.07, 6.45) is 3.71. The number of nitrogens with zero attached hydrogens (tertiary/aromatic N) is 4. The number of anilines is 1. The Labute approximate surface area is 196 Å². The van der Waals surface area contributed by atoms with Crippen LogP contribution in [0.4, 0.5) is 5.69 Å². The molecule has 4 rings (SSSR count). The Hall–Kier alpha value is -3.57. The van der Waals surface area contributed by atoms with Crippen LogP contribution in [-0.2, 0) is 28.9 Å². The lowest BCUT2D eigenvalue weighted by Crippen LogP contribution is -2.40. The second-order valence-electron chi connectivity index (χ2n) is 8.22. The molecule has 1 saturated heterocycles. The number of carbonyl (C=O) groups is 1. The van der Waals surface area contributed by atoms with Crippen molar-refractivity contribution in [3.63, 3.8) is 0 Å². The molecule has 1 aliphatic rings. The number of pyridine rings is 1. The molecule has 0 aliphatic carbocycles. The van der Waals surface area contributed by atoms with Gasteiger partial charge in [0.2, 0.25) is 15.9 Å². The second kappa shape index (κ2) is 9.35. The van der Waals surface area contributed by atoms with Crippen LogP contribution in [-0.4, -0.2) is 45.8 Å². The molecular formula is C23H25N5O5S. The topological polar surface area (TPSA) is 123 Å². The summed E-state index contributed by atoms with van der Waals surface area (Å²) in [5, 5.41) is 4.17. The number of carbonyl (C=O) groups excluding carboxylic acids is 1. The number of nitrogens with one attached hydrogen (secondary N) is 1. The van der Waals surface area contributed by atoms with Crippen LogP contribution in [0.1, 0.15) is 18.4 Å². The minimum absolute atomic E-state index is 0.216. The lowest BCUT2D eigenvalue weighted by atomic mass is 9.97. The van der Waals surface area contributed by atoms with E-state index in [1.54, 1.807) is 6.08 Å². The molecule has 0 unspecified atom stereocenters. The van der Waals surface area contributed by atoms with Crippen molar-refractivity contribution in [2.75, 3.05) is 18.4 Å². The average molecular weight is 484 g/mol. The van der Waals surface area contributed by atoms with Crippen molar-refractivity contribution in [1.82, 2.24) is 18.4 Å². The highest BCUT2D eigenvalue weighted by Crippen LogP contribution is 2.23. The summed E-state index contributed by atoms with van der Waals surface area (Å²) in [5.74, 6) is -0.636. The van der Waals surface area contributed by atoms with E-state index in [-0.39, 0.29) is 35.9 Å². The number of fused-ring (bicyclic) bond motifs is 1. The minimum atomic E-state index is -3.58. The molecule has 34 heavy (non-hydrogen) atoms. The van der Waals surface area contributed by atoms with E-state index in [1.807, 2.05) is 30.3 Å². The smallest absolute Gasteiger partial charge is 0.324 e. The number of aryl methyl sites for hydroxylation is 1. The van der Waals surface area contributed by atoms with Crippen LogP contribution < -0.4 is 16.6 Å². The van der Waals surface area contributed by atoms with E-state index in [4.69, 9.17) is 0 Å². The average Bonchev–Trinajstić information content (AvgIpc) is 2.85. The van der Waals surface area contributed by atoms with Crippen molar-refractivity contribution in [2.24, 2.45) is 20.0 Å². The van der Waals surface area contributed by atoms with E-state index in [1.165, 1.54) is 40.6 Å². The summed E-state index contributed by atoms with van der Waals surface area (Å²) < 4.78 is 28.9. The predicted molar refractivity (Wildman–Crippen MR) is 130 cm³/mol. The Morgan fingerprint density at radius 1 is 1.09 bits per heavy atom. The lowest BCUT2D eigenvalue weighted by molar-refractivity contribution is -0.120. The van der Waals surface area contributed by atoms with Gasteiger partial charge in [0.25, 0.3) is 5.56 Å². The summed E-state index contributed by atoms with van der Waals surface area (Å²) >= 11 is 0. The van der Waals surface area contributed by atoms with E-state index >= 15 is 0 Å². The van der Waals surface area contributed by atoms with Gasteiger partial charge in [-0.05, 0) is 30.5 Å². The Kier molecular flexibility index (Phi) is 6.49. The van der Waals surface area contributed by atoms with Gasteiger partial charge in [-0.1, -0.05) is 30.3 Å². The molecule has 178 valence electrons. The Morgan fingerprint density at radius 3 is 2.44 bits per heavy atom. The van der Waals surface area contributed by atoms with Crippen molar-refractivity contribution in [3.05, 3.63) is 74.4 Å². The molecule has 1 aliphatic heterocycles. The van der Waals surface area contributed by atoms with Crippen LogP contribution in [0.15, 0.2) is 57.6 Å². The van der Waals surface area contributed by atoms with Crippen molar-refractivity contribution in [3.8, 4) is 0 Å². The number of rotatable bonds is 5. The SMILES string of the molecule is Cn1c(=O)c2cc(NC(=O)C3CCN(S(=O)(=O)/C=C/c4ccccc4)CC3)cnc2n(C)c1=O. The van der Waals surface area contributed by atoms with Gasteiger partial charge in [0.05, 0.1) is 17.3 Å². The molecular weight excluding hydrogens is 458 g/mol. The maximum atomic E-state index is 12.8. The van der Waals surface area contributed by atoms with Crippen molar-refractivity contribution >= 4 is 38.7 Å². The van der Waals surface area contributed by atoms with E-state index in [9.17, 15) is 22.8 Å². The summed E-state index contributed by atoms with van der Waals surface area (Å²) in [6.45, 7) is 0.469. The first-order valence-corrected chi connectivity index (χ1v) is 12.3. The number of hydrogen-bond donors (Lipinski definition) is 1. The van der Waals surface area contributed by atoms with Crippen LogP contribution in [0.3, 0.4) is 0 Å². The Balaban J connectivity index is 1.42. The van der Waals surface area contributed by atoms with Crippen LogP contribution in [0.5, 0.6) is 0 Å². The van der Waals surface area contributed by atoms with Crippen molar-refractivity contribution < 1.29 is 13.2 Å². The summed E-state index contributed by atoms with van der Waals surface area (Å²) in [5.41, 5.74) is 0.382. The number of amides is 1. The number of benzene rings is 1. The molecule has 3 heterocycles. The highest BCUT2D eigenvalue weighted by molar-refractivity contribution is 7.92. The standard InChI is InChI=1S/C23H25N5O5S/c1-26-20-19(22(30)27(2)23(26)31)14-18(15-24-20)25-21(29)17-8-11-28(12-9-17)34(32,33)13-10-16-6-4-3-5-7-16/h3-7,10,13-15,17H,8-9,11-12H2,1-2H3,(H,25,29)/b13-10+. The summed E-state index contributed by atoms with van der Waals surface area (Å²) in [4.78, 5) is 41.4. The zero-order valence-corrected chi connectivity index (χ0v) is 19.7. The van der Waals surface area contributed by atoms with Crippen molar-refractivity contribution in [1.29, 1.82) is 0 Å². The van der Waals surface area contributed by atoms with Crippen LogP contribution in [0.2, 0.25) is 0 Å². The van der Waals surface area contributed by atoms with Gasteiger partial charge in [-0.3, -0.25) is 18.7 Å². The number of aromatic nitrogens is 3. The molecule has 0 bridgehead atoms.